The number of carbonyl (C=O) groups excluding carboxylic acids is 1. The fourth-order valence-corrected chi connectivity index (χ4v) is 4.63. The van der Waals surface area contributed by atoms with Crippen LogP contribution in [-0.4, -0.2) is 61.3 Å². The van der Waals surface area contributed by atoms with Crippen molar-refractivity contribution in [3.63, 3.8) is 0 Å². The number of hydrogen-bond donors (Lipinski definition) is 1. The van der Waals surface area contributed by atoms with Gasteiger partial charge in [-0.05, 0) is 43.4 Å². The van der Waals surface area contributed by atoms with Crippen molar-refractivity contribution < 1.29 is 23.1 Å². The van der Waals surface area contributed by atoms with E-state index in [-0.39, 0.29) is 12.3 Å². The molecule has 1 heterocycles. The molecule has 2 rings (SSSR count). The zero-order chi connectivity index (χ0) is 19.9. The Morgan fingerprint density at radius 1 is 1.07 bits per heavy atom. The van der Waals surface area contributed by atoms with Crippen molar-refractivity contribution in [2.75, 3.05) is 26.7 Å². The largest absolute Gasteiger partial charge is 0.481 e. The number of aryl methyl sites for hydroxylation is 1. The number of carboxylic acid groups (broad SMARTS) is 1. The van der Waals surface area contributed by atoms with Crippen LogP contribution in [0.25, 0.3) is 0 Å². The maximum absolute atomic E-state index is 12.6. The number of hydrogen-bond acceptors (Lipinski definition) is 4. The monoisotopic (exact) mass is 396 g/mol. The van der Waals surface area contributed by atoms with E-state index in [1.165, 1.54) is 4.90 Å². The highest BCUT2D eigenvalue weighted by Gasteiger charge is 2.25. The molecule has 1 N–H and O–H groups in total. The molecule has 8 heteroatoms. The second kappa shape index (κ2) is 9.85. The highest BCUT2D eigenvalue weighted by molar-refractivity contribution is 7.89. The van der Waals surface area contributed by atoms with Crippen molar-refractivity contribution in [2.45, 2.75) is 49.8 Å². The number of carboxylic acids is 1. The normalized spacial score (nSPS) is 15.4. The van der Waals surface area contributed by atoms with Crippen molar-refractivity contribution in [2.24, 2.45) is 0 Å². The maximum atomic E-state index is 12.6. The van der Waals surface area contributed by atoms with Crippen LogP contribution in [0.5, 0.6) is 0 Å². The summed E-state index contributed by atoms with van der Waals surface area (Å²) in [5.74, 6) is -0.916. The van der Waals surface area contributed by atoms with Gasteiger partial charge in [0, 0.05) is 39.5 Å². The van der Waals surface area contributed by atoms with Gasteiger partial charge in [0.2, 0.25) is 15.9 Å². The zero-order valence-corrected chi connectivity index (χ0v) is 16.6. The topological polar surface area (TPSA) is 95.0 Å². The Kier molecular flexibility index (Phi) is 7.79. The molecule has 0 atom stereocenters. The molecule has 0 bridgehead atoms. The number of carbonyl (C=O) groups is 2. The summed E-state index contributed by atoms with van der Waals surface area (Å²) in [5.41, 5.74) is 0.903. The van der Waals surface area contributed by atoms with Crippen LogP contribution in [0.15, 0.2) is 29.2 Å². The third-order valence-corrected chi connectivity index (χ3v) is 6.73. The molecule has 1 aliphatic rings. The Morgan fingerprint density at radius 3 is 2.30 bits per heavy atom. The van der Waals surface area contributed by atoms with E-state index in [4.69, 9.17) is 5.11 Å². The first-order valence-corrected chi connectivity index (χ1v) is 10.8. The van der Waals surface area contributed by atoms with Crippen LogP contribution in [-0.2, 0) is 26.0 Å². The van der Waals surface area contributed by atoms with Crippen LogP contribution in [0.4, 0.5) is 0 Å². The summed E-state index contributed by atoms with van der Waals surface area (Å²) in [7, 11) is -1.77. The third-order valence-electron chi connectivity index (χ3n) is 4.81. The molecule has 0 unspecified atom stereocenters. The predicted molar refractivity (Wildman–Crippen MR) is 102 cm³/mol. The van der Waals surface area contributed by atoms with E-state index >= 15 is 0 Å². The van der Waals surface area contributed by atoms with E-state index < -0.39 is 16.0 Å². The van der Waals surface area contributed by atoms with Crippen molar-refractivity contribution in [3.8, 4) is 0 Å². The lowest BCUT2D eigenvalue weighted by Crippen LogP contribution is -2.35. The highest BCUT2D eigenvalue weighted by Crippen LogP contribution is 2.21. The lowest BCUT2D eigenvalue weighted by atomic mass is 10.1. The Labute approximate surface area is 161 Å². The van der Waals surface area contributed by atoms with Gasteiger partial charge in [-0.3, -0.25) is 9.59 Å². The summed E-state index contributed by atoms with van der Waals surface area (Å²) < 4.78 is 26.8. The third kappa shape index (κ3) is 6.32. The second-order valence-corrected chi connectivity index (χ2v) is 8.86. The Hall–Kier alpha value is -1.93. The average molecular weight is 397 g/mol. The first-order chi connectivity index (χ1) is 12.8. The minimum atomic E-state index is -3.43. The van der Waals surface area contributed by atoms with Crippen molar-refractivity contribution in [1.29, 1.82) is 0 Å². The molecule has 1 amide bonds. The van der Waals surface area contributed by atoms with E-state index in [0.29, 0.717) is 43.8 Å². The molecule has 0 radical (unpaired) electrons. The number of benzene rings is 1. The van der Waals surface area contributed by atoms with Crippen LogP contribution in [0, 0.1) is 0 Å². The summed E-state index contributed by atoms with van der Waals surface area (Å²) >= 11 is 0. The van der Waals surface area contributed by atoms with E-state index in [0.717, 1.165) is 24.8 Å². The summed E-state index contributed by atoms with van der Waals surface area (Å²) in [6.07, 6.45) is 4.18. The van der Waals surface area contributed by atoms with Gasteiger partial charge < -0.3 is 10.0 Å². The van der Waals surface area contributed by atoms with Gasteiger partial charge in [0.1, 0.15) is 0 Å². The van der Waals surface area contributed by atoms with Gasteiger partial charge in [0.25, 0.3) is 0 Å². The van der Waals surface area contributed by atoms with Crippen LogP contribution in [0.3, 0.4) is 0 Å². The molecule has 1 aliphatic heterocycles. The molecule has 0 spiro atoms. The van der Waals surface area contributed by atoms with Crippen LogP contribution in [0.1, 0.15) is 44.1 Å². The minimum absolute atomic E-state index is 0.0462. The molecule has 1 saturated heterocycles. The molecule has 0 saturated carbocycles. The number of piperidine rings is 1. The molecule has 1 aromatic carbocycles. The van der Waals surface area contributed by atoms with E-state index in [9.17, 15) is 18.0 Å². The van der Waals surface area contributed by atoms with Crippen LogP contribution >= 0.6 is 0 Å². The van der Waals surface area contributed by atoms with Gasteiger partial charge in [-0.2, -0.15) is 4.31 Å². The molecule has 27 heavy (non-hydrogen) atoms. The molecule has 0 aromatic heterocycles. The Morgan fingerprint density at radius 2 is 1.70 bits per heavy atom. The first kappa shape index (κ1) is 21.4. The lowest BCUT2D eigenvalue weighted by molar-refractivity contribution is -0.138. The van der Waals surface area contributed by atoms with E-state index in [1.807, 2.05) is 0 Å². The summed E-state index contributed by atoms with van der Waals surface area (Å²) in [5, 5.41) is 8.63. The van der Waals surface area contributed by atoms with Gasteiger partial charge in [-0.1, -0.05) is 18.6 Å². The minimum Gasteiger partial charge on any atom is -0.481 e. The summed E-state index contributed by atoms with van der Waals surface area (Å²) in [6, 6.07) is 6.74. The quantitative estimate of drug-likeness (QED) is 0.690. The fraction of sp³-hybridized carbons (Fsp3) is 0.579. The number of aliphatic carboxylic acids is 1. The molecule has 0 aliphatic carbocycles. The van der Waals surface area contributed by atoms with Crippen molar-refractivity contribution in [1.82, 2.24) is 9.21 Å². The standard InChI is InChI=1S/C19H28N2O5S/c1-20(13-5-6-19(23)24)18(22)12-9-16-7-10-17(11-8-16)27(25,26)21-14-3-2-4-15-21/h7-8,10-11H,2-6,9,12-15H2,1H3,(H,23,24). The van der Waals surface area contributed by atoms with Gasteiger partial charge in [-0.15, -0.1) is 0 Å². The molecule has 7 nitrogen and oxygen atoms in total. The van der Waals surface area contributed by atoms with Crippen molar-refractivity contribution in [3.05, 3.63) is 29.8 Å². The molecule has 1 fully saturated rings. The smallest absolute Gasteiger partial charge is 0.303 e. The van der Waals surface area contributed by atoms with Crippen LogP contribution < -0.4 is 0 Å². The summed E-state index contributed by atoms with van der Waals surface area (Å²) in [4.78, 5) is 24.4. The zero-order valence-electron chi connectivity index (χ0n) is 15.8. The highest BCUT2D eigenvalue weighted by atomic mass is 32.2. The molecular formula is C19H28N2O5S. The van der Waals surface area contributed by atoms with E-state index in [2.05, 4.69) is 0 Å². The van der Waals surface area contributed by atoms with Gasteiger partial charge in [-0.25, -0.2) is 8.42 Å². The average Bonchev–Trinajstić information content (AvgIpc) is 2.66. The lowest BCUT2D eigenvalue weighted by Gasteiger charge is -2.25. The fourth-order valence-electron chi connectivity index (χ4n) is 3.12. The molecule has 1 aromatic rings. The number of rotatable bonds is 9. The van der Waals surface area contributed by atoms with Crippen molar-refractivity contribution >= 4 is 21.9 Å². The van der Waals surface area contributed by atoms with Gasteiger partial charge in [0.05, 0.1) is 4.90 Å². The van der Waals surface area contributed by atoms with Crippen LogP contribution in [0.2, 0.25) is 0 Å². The first-order valence-electron chi connectivity index (χ1n) is 9.35. The summed E-state index contributed by atoms with van der Waals surface area (Å²) in [6.45, 7) is 1.57. The maximum Gasteiger partial charge on any atom is 0.303 e. The molecular weight excluding hydrogens is 368 g/mol. The number of nitrogens with zero attached hydrogens (tertiary/aromatic N) is 2. The van der Waals surface area contributed by atoms with Gasteiger partial charge in [0.15, 0.2) is 0 Å². The Balaban J connectivity index is 1.86. The second-order valence-electron chi connectivity index (χ2n) is 6.92. The Bertz CT molecular complexity index is 740. The SMILES string of the molecule is CN(CCCC(=O)O)C(=O)CCc1ccc(S(=O)(=O)N2CCCCC2)cc1. The van der Waals surface area contributed by atoms with E-state index in [1.54, 1.807) is 35.6 Å². The number of amides is 1. The predicted octanol–water partition coefficient (Wildman–Crippen LogP) is 2.12. The van der Waals surface area contributed by atoms with Gasteiger partial charge >= 0.3 is 5.97 Å². The number of sulfonamides is 1. The molecule has 150 valence electrons.